The highest BCUT2D eigenvalue weighted by Gasteiger charge is 2.11. The summed E-state index contributed by atoms with van der Waals surface area (Å²) in [6, 6.07) is 6.09. The topological polar surface area (TPSA) is 27.1 Å². The zero-order valence-electron chi connectivity index (χ0n) is 9.58. The van der Waals surface area contributed by atoms with E-state index in [-0.39, 0.29) is 5.82 Å². The minimum Gasteiger partial charge on any atom is -0.487 e. The monoisotopic (exact) mass is 298 g/mol. The van der Waals surface area contributed by atoms with Crippen LogP contribution in [-0.2, 0) is 13.7 Å². The highest BCUT2D eigenvalue weighted by Crippen LogP contribution is 2.22. The molecule has 0 amide bonds. The molecule has 90 valence electrons. The number of ether oxygens (including phenoxy) is 1. The Balaban J connectivity index is 2.12. The molecule has 0 aliphatic carbocycles. The number of halogens is 2. The van der Waals surface area contributed by atoms with Crippen LogP contribution >= 0.6 is 15.9 Å². The van der Waals surface area contributed by atoms with Gasteiger partial charge in [0, 0.05) is 13.1 Å². The predicted molar refractivity (Wildman–Crippen MR) is 66.4 cm³/mol. The van der Waals surface area contributed by atoms with E-state index >= 15 is 0 Å². The maximum absolute atomic E-state index is 12.9. The van der Waals surface area contributed by atoms with Crippen molar-refractivity contribution >= 4 is 15.9 Å². The van der Waals surface area contributed by atoms with Gasteiger partial charge in [-0.2, -0.15) is 5.10 Å². The van der Waals surface area contributed by atoms with Crippen LogP contribution in [0.3, 0.4) is 0 Å². The first-order chi connectivity index (χ1) is 8.08. The Morgan fingerprint density at radius 2 is 2.24 bits per heavy atom. The molecule has 0 radical (unpaired) electrons. The van der Waals surface area contributed by atoms with Crippen molar-refractivity contribution in [1.82, 2.24) is 9.78 Å². The highest BCUT2D eigenvalue weighted by molar-refractivity contribution is 9.10. The Labute approximate surface area is 107 Å². The van der Waals surface area contributed by atoms with Gasteiger partial charge in [0.1, 0.15) is 18.2 Å². The Morgan fingerprint density at radius 3 is 2.82 bits per heavy atom. The molecule has 0 unspecified atom stereocenters. The SMILES string of the molecule is Cc1nn(C)c(COc2cccc(F)c2)c1Br. The van der Waals surface area contributed by atoms with E-state index in [9.17, 15) is 4.39 Å². The molecule has 0 atom stereocenters. The lowest BCUT2D eigenvalue weighted by atomic mass is 10.3. The lowest BCUT2D eigenvalue weighted by Gasteiger charge is -2.07. The van der Waals surface area contributed by atoms with E-state index < -0.39 is 0 Å². The summed E-state index contributed by atoms with van der Waals surface area (Å²) in [6.45, 7) is 2.26. The lowest BCUT2D eigenvalue weighted by molar-refractivity contribution is 0.292. The van der Waals surface area contributed by atoms with Crippen molar-refractivity contribution in [2.45, 2.75) is 13.5 Å². The summed E-state index contributed by atoms with van der Waals surface area (Å²) in [5.74, 6) is 0.207. The Morgan fingerprint density at radius 1 is 1.47 bits per heavy atom. The highest BCUT2D eigenvalue weighted by atomic mass is 79.9. The maximum atomic E-state index is 12.9. The largest absolute Gasteiger partial charge is 0.487 e. The second kappa shape index (κ2) is 4.87. The summed E-state index contributed by atoms with van der Waals surface area (Å²) in [5, 5.41) is 4.26. The first-order valence-electron chi connectivity index (χ1n) is 5.14. The molecule has 0 spiro atoms. The third-order valence-corrected chi connectivity index (χ3v) is 3.46. The zero-order valence-corrected chi connectivity index (χ0v) is 11.2. The van der Waals surface area contributed by atoms with Gasteiger partial charge in [-0.05, 0) is 35.0 Å². The minimum absolute atomic E-state index is 0.303. The van der Waals surface area contributed by atoms with Gasteiger partial charge in [-0.1, -0.05) is 6.07 Å². The van der Waals surface area contributed by atoms with Crippen molar-refractivity contribution in [1.29, 1.82) is 0 Å². The number of nitrogens with zero attached hydrogens (tertiary/aromatic N) is 2. The number of benzene rings is 1. The number of aryl methyl sites for hydroxylation is 2. The van der Waals surface area contributed by atoms with E-state index in [1.807, 2.05) is 14.0 Å². The predicted octanol–water partition coefficient (Wildman–Crippen LogP) is 3.21. The van der Waals surface area contributed by atoms with Crippen molar-refractivity contribution in [3.05, 3.63) is 45.9 Å². The molecule has 0 aliphatic heterocycles. The first kappa shape index (κ1) is 12.1. The standard InChI is InChI=1S/C12H12BrFN2O/c1-8-12(13)11(16(2)15-8)7-17-10-5-3-4-9(14)6-10/h3-6H,7H2,1-2H3. The zero-order chi connectivity index (χ0) is 12.4. The van der Waals surface area contributed by atoms with Crippen LogP contribution < -0.4 is 4.74 Å². The van der Waals surface area contributed by atoms with Crippen molar-refractivity contribution in [2.75, 3.05) is 0 Å². The van der Waals surface area contributed by atoms with Gasteiger partial charge in [0.15, 0.2) is 0 Å². The van der Waals surface area contributed by atoms with Gasteiger partial charge in [-0.25, -0.2) is 4.39 Å². The van der Waals surface area contributed by atoms with Crippen molar-refractivity contribution in [3.63, 3.8) is 0 Å². The fraction of sp³-hybridized carbons (Fsp3) is 0.250. The van der Waals surface area contributed by atoms with Gasteiger partial charge < -0.3 is 4.74 Å². The van der Waals surface area contributed by atoms with Gasteiger partial charge in [0.2, 0.25) is 0 Å². The molecule has 17 heavy (non-hydrogen) atoms. The summed E-state index contributed by atoms with van der Waals surface area (Å²) in [4.78, 5) is 0. The summed E-state index contributed by atoms with van der Waals surface area (Å²) < 4.78 is 21.1. The van der Waals surface area contributed by atoms with Gasteiger partial charge in [-0.3, -0.25) is 4.68 Å². The molecule has 2 aromatic rings. The molecule has 0 saturated heterocycles. The van der Waals surface area contributed by atoms with Crippen LogP contribution in [0.2, 0.25) is 0 Å². The molecule has 3 nitrogen and oxygen atoms in total. The van der Waals surface area contributed by atoms with Crippen molar-refractivity contribution in [3.8, 4) is 5.75 Å². The lowest BCUT2D eigenvalue weighted by Crippen LogP contribution is -2.03. The van der Waals surface area contributed by atoms with Gasteiger partial charge in [0.05, 0.1) is 15.9 Å². The molecule has 2 rings (SSSR count). The molecule has 0 N–H and O–H groups in total. The van der Waals surface area contributed by atoms with E-state index in [0.29, 0.717) is 12.4 Å². The quantitative estimate of drug-likeness (QED) is 0.870. The first-order valence-corrected chi connectivity index (χ1v) is 5.93. The van der Waals surface area contributed by atoms with Crippen LogP contribution in [0.25, 0.3) is 0 Å². The molecular formula is C12H12BrFN2O. The summed E-state index contributed by atoms with van der Waals surface area (Å²) in [6.07, 6.45) is 0. The van der Waals surface area contributed by atoms with E-state index in [2.05, 4.69) is 21.0 Å². The van der Waals surface area contributed by atoms with E-state index in [1.54, 1.807) is 16.8 Å². The van der Waals surface area contributed by atoms with Gasteiger partial charge >= 0.3 is 0 Å². The minimum atomic E-state index is -0.303. The number of rotatable bonds is 3. The van der Waals surface area contributed by atoms with E-state index in [0.717, 1.165) is 15.9 Å². The van der Waals surface area contributed by atoms with Crippen molar-refractivity contribution < 1.29 is 9.13 Å². The normalized spacial score (nSPS) is 10.6. The van der Waals surface area contributed by atoms with Crippen LogP contribution in [0.4, 0.5) is 4.39 Å². The smallest absolute Gasteiger partial charge is 0.131 e. The van der Waals surface area contributed by atoms with Crippen LogP contribution in [0, 0.1) is 12.7 Å². The molecular weight excluding hydrogens is 287 g/mol. The van der Waals surface area contributed by atoms with E-state index in [1.165, 1.54) is 12.1 Å². The molecule has 0 fully saturated rings. The van der Waals surface area contributed by atoms with E-state index in [4.69, 9.17) is 4.74 Å². The third kappa shape index (κ3) is 2.66. The fourth-order valence-electron chi connectivity index (χ4n) is 1.55. The molecule has 0 saturated carbocycles. The summed E-state index contributed by atoms with van der Waals surface area (Å²) in [5.41, 5.74) is 1.83. The second-order valence-corrected chi connectivity index (χ2v) is 4.51. The van der Waals surface area contributed by atoms with Crippen LogP contribution in [0.5, 0.6) is 5.75 Å². The average Bonchev–Trinajstić information content (AvgIpc) is 2.51. The molecule has 1 aromatic heterocycles. The Bertz CT molecular complexity index is 539. The van der Waals surface area contributed by atoms with Crippen LogP contribution in [0.1, 0.15) is 11.4 Å². The molecule has 5 heteroatoms. The van der Waals surface area contributed by atoms with Crippen LogP contribution in [0.15, 0.2) is 28.7 Å². The van der Waals surface area contributed by atoms with Crippen LogP contribution in [-0.4, -0.2) is 9.78 Å². The third-order valence-electron chi connectivity index (χ3n) is 2.43. The Hall–Kier alpha value is -1.36. The number of aromatic nitrogens is 2. The Kier molecular flexibility index (Phi) is 3.47. The number of hydrogen-bond donors (Lipinski definition) is 0. The molecule has 1 heterocycles. The molecule has 1 aromatic carbocycles. The van der Waals surface area contributed by atoms with Gasteiger partial charge in [0.25, 0.3) is 0 Å². The second-order valence-electron chi connectivity index (χ2n) is 3.72. The number of hydrogen-bond acceptors (Lipinski definition) is 2. The van der Waals surface area contributed by atoms with Crippen molar-refractivity contribution in [2.24, 2.45) is 7.05 Å². The maximum Gasteiger partial charge on any atom is 0.131 e. The van der Waals surface area contributed by atoms with Gasteiger partial charge in [-0.15, -0.1) is 0 Å². The average molecular weight is 299 g/mol. The molecule has 0 aliphatic rings. The summed E-state index contributed by atoms with van der Waals surface area (Å²) in [7, 11) is 1.85. The summed E-state index contributed by atoms with van der Waals surface area (Å²) >= 11 is 3.45. The fourth-order valence-corrected chi connectivity index (χ4v) is 2.00. The molecule has 0 bridgehead atoms.